The third-order valence-corrected chi connectivity index (χ3v) is 4.51. The van der Waals surface area contributed by atoms with Crippen LogP contribution in [0.15, 0.2) is 48.8 Å². The van der Waals surface area contributed by atoms with Crippen molar-refractivity contribution in [2.75, 3.05) is 7.05 Å². The smallest absolute Gasteiger partial charge is 0.227 e. The fraction of sp³-hybridized carbons (Fsp3) is 0.318. The zero-order valence-electron chi connectivity index (χ0n) is 16.1. The quantitative estimate of drug-likeness (QED) is 0.414. The standard InChI is InChI=1S/C22H26N2O3/c1-5-18(6-2)27-14-16-9-10-17-13-20(15(3)24-21(17)12-16)19(8-7-11-25)22(26)23-4/h5-6,9-13,19H,1,7-8,14H2,2-4H3,(H,23,26)/b18-6+. The lowest BCUT2D eigenvalue weighted by Crippen LogP contribution is -2.26. The van der Waals surface area contributed by atoms with E-state index in [-0.39, 0.29) is 11.8 Å². The molecule has 0 aliphatic carbocycles. The number of aryl methyl sites for hydroxylation is 1. The van der Waals surface area contributed by atoms with Crippen LogP contribution >= 0.6 is 0 Å². The van der Waals surface area contributed by atoms with Crippen LogP contribution in [0.25, 0.3) is 10.9 Å². The van der Waals surface area contributed by atoms with E-state index in [4.69, 9.17) is 9.72 Å². The largest absolute Gasteiger partial charge is 0.489 e. The molecule has 0 saturated carbocycles. The molecular weight excluding hydrogens is 340 g/mol. The molecule has 1 atom stereocenters. The van der Waals surface area contributed by atoms with Gasteiger partial charge in [-0.25, -0.2) is 0 Å². The molecule has 1 aromatic carbocycles. The van der Waals surface area contributed by atoms with Crippen molar-refractivity contribution in [1.29, 1.82) is 0 Å². The first-order valence-corrected chi connectivity index (χ1v) is 9.01. The Balaban J connectivity index is 2.35. The number of rotatable bonds is 9. The average Bonchev–Trinajstić information content (AvgIpc) is 2.68. The number of pyridine rings is 1. The Kier molecular flexibility index (Phi) is 7.29. The highest BCUT2D eigenvalue weighted by atomic mass is 16.5. The first-order chi connectivity index (χ1) is 13.0. The van der Waals surface area contributed by atoms with Gasteiger partial charge in [0, 0.05) is 24.5 Å². The number of hydrogen-bond acceptors (Lipinski definition) is 4. The zero-order chi connectivity index (χ0) is 19.8. The number of nitrogens with zero attached hydrogens (tertiary/aromatic N) is 1. The Morgan fingerprint density at radius 1 is 1.37 bits per heavy atom. The van der Waals surface area contributed by atoms with Crippen LogP contribution in [0, 0.1) is 6.92 Å². The summed E-state index contributed by atoms with van der Waals surface area (Å²) < 4.78 is 5.69. The molecule has 5 nitrogen and oxygen atoms in total. The van der Waals surface area contributed by atoms with Crippen LogP contribution < -0.4 is 5.32 Å². The van der Waals surface area contributed by atoms with E-state index in [9.17, 15) is 9.59 Å². The Morgan fingerprint density at radius 3 is 2.78 bits per heavy atom. The second-order valence-electron chi connectivity index (χ2n) is 6.28. The summed E-state index contributed by atoms with van der Waals surface area (Å²) in [5, 5.41) is 3.64. The molecular formula is C22H26N2O3. The number of ether oxygens (including phenoxy) is 1. The van der Waals surface area contributed by atoms with Crippen LogP contribution in [0.2, 0.25) is 0 Å². The van der Waals surface area contributed by atoms with E-state index in [1.807, 2.05) is 44.2 Å². The Labute approximate surface area is 160 Å². The van der Waals surface area contributed by atoms with Gasteiger partial charge in [-0.3, -0.25) is 9.78 Å². The van der Waals surface area contributed by atoms with E-state index in [1.165, 1.54) is 0 Å². The van der Waals surface area contributed by atoms with Crippen molar-refractivity contribution in [1.82, 2.24) is 10.3 Å². The number of carbonyl (C=O) groups excluding carboxylic acids is 2. The van der Waals surface area contributed by atoms with E-state index in [0.717, 1.165) is 39.8 Å². The molecule has 0 bridgehead atoms. The van der Waals surface area contributed by atoms with Crippen molar-refractivity contribution < 1.29 is 14.3 Å². The molecule has 0 fully saturated rings. The molecule has 1 N–H and O–H groups in total. The van der Waals surface area contributed by atoms with Crippen molar-refractivity contribution in [2.24, 2.45) is 0 Å². The molecule has 0 saturated heterocycles. The number of nitrogens with one attached hydrogen (secondary N) is 1. The van der Waals surface area contributed by atoms with Crippen molar-refractivity contribution in [3.05, 3.63) is 65.6 Å². The Hall–Kier alpha value is -2.95. The lowest BCUT2D eigenvalue weighted by Gasteiger charge is -2.17. The second-order valence-corrected chi connectivity index (χ2v) is 6.28. The maximum atomic E-state index is 12.3. The van der Waals surface area contributed by atoms with Gasteiger partial charge in [-0.2, -0.15) is 0 Å². The van der Waals surface area contributed by atoms with Crippen LogP contribution in [0.1, 0.15) is 42.5 Å². The number of fused-ring (bicyclic) bond motifs is 1. The van der Waals surface area contributed by atoms with Gasteiger partial charge in [-0.05, 0) is 55.7 Å². The summed E-state index contributed by atoms with van der Waals surface area (Å²) in [6.07, 6.45) is 5.18. The fourth-order valence-corrected chi connectivity index (χ4v) is 3.03. The fourth-order valence-electron chi connectivity index (χ4n) is 3.03. The lowest BCUT2D eigenvalue weighted by molar-refractivity contribution is -0.122. The molecule has 1 amide bonds. The van der Waals surface area contributed by atoms with E-state index < -0.39 is 0 Å². The molecule has 142 valence electrons. The summed E-state index contributed by atoms with van der Waals surface area (Å²) in [5.74, 6) is 0.248. The van der Waals surface area contributed by atoms with Gasteiger partial charge in [0.2, 0.25) is 5.91 Å². The molecule has 0 spiro atoms. The zero-order valence-corrected chi connectivity index (χ0v) is 16.1. The summed E-state index contributed by atoms with van der Waals surface area (Å²) in [4.78, 5) is 27.7. The van der Waals surface area contributed by atoms with Crippen molar-refractivity contribution in [2.45, 2.75) is 39.2 Å². The van der Waals surface area contributed by atoms with E-state index in [2.05, 4.69) is 11.9 Å². The molecule has 0 radical (unpaired) electrons. The molecule has 1 heterocycles. The summed E-state index contributed by atoms with van der Waals surface area (Å²) >= 11 is 0. The molecule has 2 rings (SSSR count). The van der Waals surface area contributed by atoms with Gasteiger partial charge in [0.25, 0.3) is 0 Å². The number of allylic oxidation sites excluding steroid dienone is 2. The van der Waals surface area contributed by atoms with Crippen LogP contribution in [0.4, 0.5) is 0 Å². The minimum atomic E-state index is -0.384. The third kappa shape index (κ3) is 5.03. The SMILES string of the molecule is C=C/C(=C\C)OCc1ccc2cc(C(CCC=O)C(=O)NC)c(C)nc2c1. The molecule has 27 heavy (non-hydrogen) atoms. The van der Waals surface area contributed by atoms with E-state index >= 15 is 0 Å². The van der Waals surface area contributed by atoms with Gasteiger partial charge in [0.05, 0.1) is 11.4 Å². The van der Waals surface area contributed by atoms with Gasteiger partial charge in [0.15, 0.2) is 0 Å². The van der Waals surface area contributed by atoms with Gasteiger partial charge in [-0.1, -0.05) is 18.7 Å². The predicted octanol–water partition coefficient (Wildman–Crippen LogP) is 3.96. The highest BCUT2D eigenvalue weighted by Crippen LogP contribution is 2.27. The minimum absolute atomic E-state index is 0.102. The van der Waals surface area contributed by atoms with E-state index in [0.29, 0.717) is 19.4 Å². The van der Waals surface area contributed by atoms with Gasteiger partial charge >= 0.3 is 0 Å². The highest BCUT2D eigenvalue weighted by Gasteiger charge is 2.22. The average molecular weight is 366 g/mol. The maximum absolute atomic E-state index is 12.3. The van der Waals surface area contributed by atoms with Crippen molar-refractivity contribution in [3.8, 4) is 0 Å². The normalized spacial score (nSPS) is 12.5. The molecule has 2 aromatic rings. The van der Waals surface area contributed by atoms with E-state index in [1.54, 1.807) is 13.1 Å². The number of aldehydes is 1. The van der Waals surface area contributed by atoms with Crippen molar-refractivity contribution in [3.63, 3.8) is 0 Å². The predicted molar refractivity (Wildman–Crippen MR) is 107 cm³/mol. The summed E-state index contributed by atoms with van der Waals surface area (Å²) in [7, 11) is 1.61. The number of likely N-dealkylation sites (N-methyl/N-ethyl adjacent to an activating group) is 1. The molecule has 0 aliphatic heterocycles. The Morgan fingerprint density at radius 2 is 2.15 bits per heavy atom. The summed E-state index contributed by atoms with van der Waals surface area (Å²) in [6.45, 7) is 7.94. The number of aromatic nitrogens is 1. The number of benzene rings is 1. The number of hydrogen-bond donors (Lipinski definition) is 1. The third-order valence-electron chi connectivity index (χ3n) is 4.51. The van der Waals surface area contributed by atoms with Crippen molar-refractivity contribution >= 4 is 23.1 Å². The number of amides is 1. The molecule has 0 aliphatic rings. The van der Waals surface area contributed by atoms with Crippen LogP contribution in [0.5, 0.6) is 0 Å². The summed E-state index contributed by atoms with van der Waals surface area (Å²) in [6, 6.07) is 7.95. The first-order valence-electron chi connectivity index (χ1n) is 9.01. The highest BCUT2D eigenvalue weighted by molar-refractivity contribution is 5.87. The number of carbonyl (C=O) groups is 2. The van der Waals surface area contributed by atoms with Crippen LogP contribution in [-0.4, -0.2) is 24.2 Å². The van der Waals surface area contributed by atoms with Gasteiger partial charge in [-0.15, -0.1) is 0 Å². The van der Waals surface area contributed by atoms with Gasteiger partial charge < -0.3 is 14.8 Å². The molecule has 1 aromatic heterocycles. The van der Waals surface area contributed by atoms with Gasteiger partial charge in [0.1, 0.15) is 18.7 Å². The maximum Gasteiger partial charge on any atom is 0.227 e. The topological polar surface area (TPSA) is 68.3 Å². The summed E-state index contributed by atoms with van der Waals surface area (Å²) in [5.41, 5.74) is 3.51. The molecule has 1 unspecified atom stereocenters. The first kappa shape index (κ1) is 20.4. The molecule has 5 heteroatoms. The Bertz CT molecular complexity index is 871. The second kappa shape index (κ2) is 9.67. The van der Waals surface area contributed by atoms with Crippen LogP contribution in [-0.2, 0) is 20.9 Å². The minimum Gasteiger partial charge on any atom is -0.489 e. The monoisotopic (exact) mass is 366 g/mol. The lowest BCUT2D eigenvalue weighted by atomic mass is 9.91. The van der Waals surface area contributed by atoms with Crippen LogP contribution in [0.3, 0.4) is 0 Å².